The van der Waals surface area contributed by atoms with Crippen LogP contribution < -0.4 is 10.6 Å². The fraction of sp³-hybridized carbons (Fsp3) is 0.263. The van der Waals surface area contributed by atoms with Crippen molar-refractivity contribution in [1.82, 2.24) is 10.6 Å². The zero-order chi connectivity index (χ0) is 17.1. The quantitative estimate of drug-likeness (QED) is 0.887. The van der Waals surface area contributed by atoms with Crippen molar-refractivity contribution in [3.05, 3.63) is 71.0 Å². The molecule has 2 aromatic rings. The maximum atomic E-state index is 13.7. The normalized spacial score (nSPS) is 18.8. The largest absolute Gasteiger partial charge is 0.355 e. The zero-order valence-electron chi connectivity index (χ0n) is 13.4. The van der Waals surface area contributed by atoms with E-state index in [0.717, 1.165) is 5.56 Å². The molecule has 2 amide bonds. The number of hydrogen-bond donors (Lipinski definition) is 2. The second-order valence-electron chi connectivity index (χ2n) is 5.96. The number of rotatable bonds is 5. The van der Waals surface area contributed by atoms with Gasteiger partial charge in [-0.05, 0) is 41.7 Å². The van der Waals surface area contributed by atoms with Crippen LogP contribution in [0.5, 0.6) is 0 Å². The predicted molar refractivity (Wildman–Crippen MR) is 88.9 cm³/mol. The minimum atomic E-state index is -0.248. The van der Waals surface area contributed by atoms with Gasteiger partial charge in [-0.1, -0.05) is 30.3 Å². The maximum absolute atomic E-state index is 13.7. The van der Waals surface area contributed by atoms with Gasteiger partial charge in [0.2, 0.25) is 5.91 Å². The van der Waals surface area contributed by atoms with Crippen LogP contribution in [-0.4, -0.2) is 18.9 Å². The molecule has 0 aromatic heterocycles. The van der Waals surface area contributed by atoms with E-state index in [0.29, 0.717) is 24.1 Å². The van der Waals surface area contributed by atoms with Crippen molar-refractivity contribution in [3.63, 3.8) is 0 Å². The van der Waals surface area contributed by atoms with Crippen molar-refractivity contribution in [2.24, 2.45) is 5.92 Å². The molecular formula is C19H19FN2O2. The van der Waals surface area contributed by atoms with Gasteiger partial charge in [-0.15, -0.1) is 0 Å². The number of nitrogens with one attached hydrogen (secondary N) is 2. The third-order valence-electron chi connectivity index (χ3n) is 4.34. The molecule has 1 saturated carbocycles. The Balaban J connectivity index is 1.54. The first-order chi connectivity index (χ1) is 11.6. The molecule has 0 heterocycles. The third-order valence-corrected chi connectivity index (χ3v) is 4.34. The molecule has 5 heteroatoms. The van der Waals surface area contributed by atoms with Gasteiger partial charge in [0, 0.05) is 25.1 Å². The molecule has 2 unspecified atom stereocenters. The van der Waals surface area contributed by atoms with E-state index in [9.17, 15) is 14.0 Å². The molecule has 1 aliphatic rings. The van der Waals surface area contributed by atoms with E-state index < -0.39 is 0 Å². The molecule has 0 spiro atoms. The molecule has 0 bridgehead atoms. The van der Waals surface area contributed by atoms with Crippen LogP contribution in [0.4, 0.5) is 4.39 Å². The summed E-state index contributed by atoms with van der Waals surface area (Å²) in [6.07, 6.45) is 0.683. The first-order valence-corrected chi connectivity index (χ1v) is 7.93. The number of carbonyl (C=O) groups is 2. The average molecular weight is 326 g/mol. The summed E-state index contributed by atoms with van der Waals surface area (Å²) in [7, 11) is 1.58. The molecule has 0 aliphatic heterocycles. The van der Waals surface area contributed by atoms with Crippen LogP contribution in [0.25, 0.3) is 0 Å². The fourth-order valence-corrected chi connectivity index (χ4v) is 2.84. The monoisotopic (exact) mass is 326 g/mol. The Labute approximate surface area is 140 Å². The molecule has 1 aliphatic carbocycles. The minimum absolute atomic E-state index is 0.0261. The number of halogens is 1. The van der Waals surface area contributed by atoms with Crippen LogP contribution >= 0.6 is 0 Å². The van der Waals surface area contributed by atoms with Gasteiger partial charge in [-0.3, -0.25) is 9.59 Å². The van der Waals surface area contributed by atoms with Crippen LogP contribution in [-0.2, 0) is 11.3 Å². The van der Waals surface area contributed by atoms with E-state index in [4.69, 9.17) is 0 Å². The summed E-state index contributed by atoms with van der Waals surface area (Å²) < 4.78 is 13.7. The van der Waals surface area contributed by atoms with E-state index >= 15 is 0 Å². The Morgan fingerprint density at radius 2 is 1.83 bits per heavy atom. The molecule has 1 fully saturated rings. The molecule has 2 N–H and O–H groups in total. The van der Waals surface area contributed by atoms with Crippen LogP contribution in [0.2, 0.25) is 0 Å². The Bertz CT molecular complexity index is 758. The van der Waals surface area contributed by atoms with Crippen molar-refractivity contribution in [2.45, 2.75) is 18.9 Å². The summed E-state index contributed by atoms with van der Waals surface area (Å²) in [5.74, 6) is -0.633. The topological polar surface area (TPSA) is 58.2 Å². The van der Waals surface area contributed by atoms with Crippen molar-refractivity contribution in [1.29, 1.82) is 0 Å². The lowest BCUT2D eigenvalue weighted by atomic mass is 10.1. The minimum Gasteiger partial charge on any atom is -0.355 e. The van der Waals surface area contributed by atoms with Crippen LogP contribution in [0.1, 0.15) is 33.8 Å². The van der Waals surface area contributed by atoms with Crippen LogP contribution in [0.3, 0.4) is 0 Å². The molecule has 124 valence electrons. The zero-order valence-corrected chi connectivity index (χ0v) is 13.4. The summed E-state index contributed by atoms with van der Waals surface area (Å²) in [6, 6.07) is 13.7. The molecule has 24 heavy (non-hydrogen) atoms. The summed E-state index contributed by atoms with van der Waals surface area (Å²) >= 11 is 0. The number of amides is 2. The van der Waals surface area contributed by atoms with E-state index in [1.165, 1.54) is 6.07 Å². The molecule has 4 nitrogen and oxygen atoms in total. The van der Waals surface area contributed by atoms with E-state index in [1.54, 1.807) is 37.4 Å². The van der Waals surface area contributed by atoms with Gasteiger partial charge in [0.25, 0.3) is 5.91 Å². The van der Waals surface area contributed by atoms with Gasteiger partial charge in [0.05, 0.1) is 0 Å². The van der Waals surface area contributed by atoms with E-state index in [2.05, 4.69) is 10.6 Å². The summed E-state index contributed by atoms with van der Waals surface area (Å²) in [5.41, 5.74) is 2.11. The van der Waals surface area contributed by atoms with Crippen molar-refractivity contribution in [2.75, 3.05) is 7.05 Å². The lowest BCUT2D eigenvalue weighted by molar-refractivity contribution is -0.122. The second-order valence-corrected chi connectivity index (χ2v) is 5.96. The molecule has 2 atom stereocenters. The van der Waals surface area contributed by atoms with Gasteiger partial charge in [-0.2, -0.15) is 0 Å². The Morgan fingerprint density at radius 3 is 2.50 bits per heavy atom. The van der Waals surface area contributed by atoms with Gasteiger partial charge >= 0.3 is 0 Å². The fourth-order valence-electron chi connectivity index (χ4n) is 2.84. The average Bonchev–Trinajstić information content (AvgIpc) is 3.40. The van der Waals surface area contributed by atoms with Crippen LogP contribution in [0, 0.1) is 11.7 Å². The predicted octanol–water partition coefficient (Wildman–Crippen LogP) is 2.61. The Kier molecular flexibility index (Phi) is 4.60. The first kappa shape index (κ1) is 16.2. The van der Waals surface area contributed by atoms with Gasteiger partial charge in [0.15, 0.2) is 0 Å². The Morgan fingerprint density at radius 1 is 1.12 bits per heavy atom. The summed E-state index contributed by atoms with van der Waals surface area (Å²) in [5, 5.41) is 5.44. The lowest BCUT2D eigenvalue weighted by Gasteiger charge is -2.07. The van der Waals surface area contributed by atoms with Crippen molar-refractivity contribution < 1.29 is 14.0 Å². The highest BCUT2D eigenvalue weighted by molar-refractivity contribution is 5.93. The summed E-state index contributed by atoms with van der Waals surface area (Å²) in [6.45, 7) is 0.396. The summed E-state index contributed by atoms with van der Waals surface area (Å²) in [4.78, 5) is 23.7. The second kappa shape index (κ2) is 6.83. The van der Waals surface area contributed by atoms with Crippen LogP contribution in [0.15, 0.2) is 48.5 Å². The molecule has 0 saturated heterocycles. The SMILES string of the molecule is CNC(=O)c1ccc(CNC(=O)C2CC2c2ccccc2F)cc1. The maximum Gasteiger partial charge on any atom is 0.251 e. The van der Waals surface area contributed by atoms with Crippen molar-refractivity contribution in [3.8, 4) is 0 Å². The van der Waals surface area contributed by atoms with Crippen molar-refractivity contribution >= 4 is 11.8 Å². The standard InChI is InChI=1S/C19H19FN2O2/c1-21-18(23)13-8-6-12(7-9-13)11-22-19(24)16-10-15(16)14-4-2-3-5-17(14)20/h2-9,15-16H,10-11H2,1H3,(H,21,23)(H,22,24). The van der Waals surface area contributed by atoms with E-state index in [-0.39, 0.29) is 29.5 Å². The third kappa shape index (κ3) is 3.45. The molecule has 0 radical (unpaired) electrons. The Hall–Kier alpha value is -2.69. The first-order valence-electron chi connectivity index (χ1n) is 7.93. The molecular weight excluding hydrogens is 307 g/mol. The highest BCUT2D eigenvalue weighted by Crippen LogP contribution is 2.48. The van der Waals surface area contributed by atoms with Gasteiger partial charge < -0.3 is 10.6 Å². The highest BCUT2D eigenvalue weighted by Gasteiger charge is 2.44. The number of hydrogen-bond acceptors (Lipinski definition) is 2. The highest BCUT2D eigenvalue weighted by atomic mass is 19.1. The smallest absolute Gasteiger partial charge is 0.251 e. The molecule has 2 aromatic carbocycles. The lowest BCUT2D eigenvalue weighted by Crippen LogP contribution is -2.25. The number of benzene rings is 2. The van der Waals surface area contributed by atoms with Gasteiger partial charge in [-0.25, -0.2) is 4.39 Å². The van der Waals surface area contributed by atoms with E-state index in [1.807, 2.05) is 12.1 Å². The number of carbonyl (C=O) groups excluding carboxylic acids is 2. The molecule has 3 rings (SSSR count). The van der Waals surface area contributed by atoms with Gasteiger partial charge in [0.1, 0.15) is 5.82 Å².